The van der Waals surface area contributed by atoms with Crippen LogP contribution >= 0.6 is 0 Å². The highest BCUT2D eigenvalue weighted by atomic mass is 16.5. The van der Waals surface area contributed by atoms with E-state index in [0.717, 1.165) is 12.8 Å². The number of hydrogen-bond acceptors (Lipinski definition) is 4. The number of hydrogen-bond donors (Lipinski definition) is 0. The van der Waals surface area contributed by atoms with Crippen LogP contribution in [0.4, 0.5) is 0 Å². The van der Waals surface area contributed by atoms with E-state index in [4.69, 9.17) is 9.26 Å². The van der Waals surface area contributed by atoms with Gasteiger partial charge in [0.05, 0.1) is 6.10 Å². The summed E-state index contributed by atoms with van der Waals surface area (Å²) in [6.45, 7) is 4.34. The zero-order valence-electron chi connectivity index (χ0n) is 16.9. The molecule has 4 nitrogen and oxygen atoms in total. The maximum Gasteiger partial charge on any atom is 0.223 e. The van der Waals surface area contributed by atoms with Crippen molar-refractivity contribution in [1.29, 1.82) is 0 Å². The second kappa shape index (κ2) is 9.01. The third kappa shape index (κ3) is 4.54. The average Bonchev–Trinajstić information content (AvgIpc) is 3.18. The van der Waals surface area contributed by atoms with Crippen molar-refractivity contribution in [2.75, 3.05) is 0 Å². The molecule has 0 radical (unpaired) electrons. The summed E-state index contributed by atoms with van der Waals surface area (Å²) in [4.78, 5) is 4.29. The molecule has 0 spiro atoms. The Balaban J connectivity index is 1.69. The Morgan fingerprint density at radius 2 is 1.66 bits per heavy atom. The van der Waals surface area contributed by atoms with Crippen LogP contribution in [-0.2, 0) is 11.3 Å². The Morgan fingerprint density at radius 3 is 2.38 bits per heavy atom. The molecular weight excluding hydrogens is 360 g/mol. The van der Waals surface area contributed by atoms with Crippen LogP contribution in [0.3, 0.4) is 0 Å². The Morgan fingerprint density at radius 1 is 0.897 bits per heavy atom. The monoisotopic (exact) mass is 386 g/mol. The normalized spacial score (nSPS) is 13.4. The molecule has 0 bridgehead atoms. The number of aromatic nitrogens is 2. The SMILES string of the molecule is CCC[C@H](c1ccc2ccccc2c1)[C@H](OCc1noc(C)n1)c1ccccc1. The predicted octanol–water partition coefficient (Wildman–Crippen LogP) is 6.37. The topological polar surface area (TPSA) is 48.2 Å². The molecule has 0 saturated heterocycles. The van der Waals surface area contributed by atoms with Gasteiger partial charge in [0.25, 0.3) is 0 Å². The molecule has 29 heavy (non-hydrogen) atoms. The van der Waals surface area contributed by atoms with Crippen LogP contribution in [0, 0.1) is 6.92 Å². The highest BCUT2D eigenvalue weighted by Gasteiger charge is 2.26. The standard InChI is InChI=1S/C25H26N2O2/c1-3-9-23(22-15-14-19-10-7-8-13-21(19)16-22)25(20-11-5-4-6-12-20)28-17-24-26-18(2)29-27-24/h4-8,10-16,23,25H,3,9,17H2,1-2H3/t23-,25-/m1/s1. The summed E-state index contributed by atoms with van der Waals surface area (Å²) in [7, 11) is 0. The lowest BCUT2D eigenvalue weighted by Gasteiger charge is -2.28. The lowest BCUT2D eigenvalue weighted by molar-refractivity contribution is 0.0139. The van der Waals surface area contributed by atoms with Crippen LogP contribution in [0.5, 0.6) is 0 Å². The molecule has 3 aromatic carbocycles. The number of ether oxygens (including phenoxy) is 1. The van der Waals surface area contributed by atoms with E-state index < -0.39 is 0 Å². The maximum atomic E-state index is 6.42. The molecule has 1 aromatic heterocycles. The van der Waals surface area contributed by atoms with E-state index in [9.17, 15) is 0 Å². The van der Waals surface area contributed by atoms with Crippen LogP contribution in [0.15, 0.2) is 77.3 Å². The van der Waals surface area contributed by atoms with Gasteiger partial charge in [-0.15, -0.1) is 0 Å². The van der Waals surface area contributed by atoms with Gasteiger partial charge in [0.15, 0.2) is 5.82 Å². The first-order chi connectivity index (χ1) is 14.2. The third-order valence-electron chi connectivity index (χ3n) is 5.26. The summed E-state index contributed by atoms with van der Waals surface area (Å²) < 4.78 is 11.5. The van der Waals surface area contributed by atoms with E-state index in [0.29, 0.717) is 18.3 Å². The second-order valence-corrected chi connectivity index (χ2v) is 7.37. The van der Waals surface area contributed by atoms with Gasteiger partial charge in [-0.1, -0.05) is 91.3 Å². The Kier molecular flexibility index (Phi) is 6.01. The summed E-state index contributed by atoms with van der Waals surface area (Å²) in [5, 5.41) is 6.50. The molecule has 148 valence electrons. The summed E-state index contributed by atoms with van der Waals surface area (Å²) in [5.41, 5.74) is 2.46. The van der Waals surface area contributed by atoms with E-state index in [2.05, 4.69) is 83.8 Å². The summed E-state index contributed by atoms with van der Waals surface area (Å²) in [5.74, 6) is 1.37. The summed E-state index contributed by atoms with van der Waals surface area (Å²) in [6, 6.07) is 25.7. The number of fused-ring (bicyclic) bond motifs is 1. The van der Waals surface area contributed by atoms with Gasteiger partial charge in [-0.3, -0.25) is 0 Å². The fourth-order valence-corrected chi connectivity index (χ4v) is 3.89. The molecular formula is C25H26N2O2. The van der Waals surface area contributed by atoms with E-state index in [1.54, 1.807) is 6.92 Å². The van der Waals surface area contributed by atoms with Crippen molar-refractivity contribution in [3.63, 3.8) is 0 Å². The van der Waals surface area contributed by atoms with Crippen LogP contribution in [0.2, 0.25) is 0 Å². The largest absolute Gasteiger partial charge is 0.365 e. The molecule has 0 saturated carbocycles. The fraction of sp³-hybridized carbons (Fsp3) is 0.280. The van der Waals surface area contributed by atoms with Crippen molar-refractivity contribution in [3.05, 3.63) is 95.6 Å². The molecule has 0 fully saturated rings. The Hall–Kier alpha value is -2.98. The Bertz CT molecular complexity index is 1060. The lowest BCUT2D eigenvalue weighted by Crippen LogP contribution is -2.15. The molecule has 0 amide bonds. The second-order valence-electron chi connectivity index (χ2n) is 7.37. The lowest BCUT2D eigenvalue weighted by atomic mass is 9.85. The molecule has 0 unspecified atom stereocenters. The zero-order chi connectivity index (χ0) is 20.1. The molecule has 4 rings (SSSR count). The number of nitrogens with zero attached hydrogens (tertiary/aromatic N) is 2. The van der Waals surface area contributed by atoms with Crippen LogP contribution in [0.1, 0.15) is 54.6 Å². The number of rotatable bonds is 8. The molecule has 0 aliphatic carbocycles. The van der Waals surface area contributed by atoms with E-state index in [1.807, 2.05) is 6.07 Å². The van der Waals surface area contributed by atoms with Crippen molar-refractivity contribution in [2.45, 2.75) is 45.3 Å². The minimum absolute atomic E-state index is 0.0869. The number of aryl methyl sites for hydroxylation is 1. The molecule has 0 aliphatic heterocycles. The van der Waals surface area contributed by atoms with Gasteiger partial charge in [-0.25, -0.2) is 0 Å². The predicted molar refractivity (Wildman–Crippen MR) is 115 cm³/mol. The highest BCUT2D eigenvalue weighted by Crippen LogP contribution is 2.39. The van der Waals surface area contributed by atoms with Gasteiger partial charge in [0.2, 0.25) is 5.89 Å². The van der Waals surface area contributed by atoms with Crippen molar-refractivity contribution >= 4 is 10.8 Å². The Labute approximate surface area is 171 Å². The first-order valence-corrected chi connectivity index (χ1v) is 10.2. The van der Waals surface area contributed by atoms with Gasteiger partial charge < -0.3 is 9.26 Å². The third-order valence-corrected chi connectivity index (χ3v) is 5.26. The van der Waals surface area contributed by atoms with E-state index >= 15 is 0 Å². The minimum atomic E-state index is -0.0869. The minimum Gasteiger partial charge on any atom is -0.365 e. The summed E-state index contributed by atoms with van der Waals surface area (Å²) >= 11 is 0. The summed E-state index contributed by atoms with van der Waals surface area (Å²) in [6.07, 6.45) is 2.02. The molecule has 1 heterocycles. The number of benzene rings is 3. The van der Waals surface area contributed by atoms with Crippen LogP contribution in [0.25, 0.3) is 10.8 Å². The van der Waals surface area contributed by atoms with Crippen molar-refractivity contribution in [1.82, 2.24) is 10.1 Å². The van der Waals surface area contributed by atoms with E-state index in [-0.39, 0.29) is 12.0 Å². The highest BCUT2D eigenvalue weighted by molar-refractivity contribution is 5.83. The molecule has 4 heteroatoms. The molecule has 0 aliphatic rings. The van der Waals surface area contributed by atoms with Crippen LogP contribution < -0.4 is 0 Å². The molecule has 2 atom stereocenters. The van der Waals surface area contributed by atoms with Crippen molar-refractivity contribution < 1.29 is 9.26 Å². The first kappa shape index (κ1) is 19.3. The quantitative estimate of drug-likeness (QED) is 0.353. The fourth-order valence-electron chi connectivity index (χ4n) is 3.89. The first-order valence-electron chi connectivity index (χ1n) is 10.2. The van der Waals surface area contributed by atoms with Crippen LogP contribution in [-0.4, -0.2) is 10.1 Å². The zero-order valence-corrected chi connectivity index (χ0v) is 16.9. The van der Waals surface area contributed by atoms with Gasteiger partial charge in [0.1, 0.15) is 6.61 Å². The molecule has 4 aromatic rings. The van der Waals surface area contributed by atoms with E-state index in [1.165, 1.54) is 21.9 Å². The smallest absolute Gasteiger partial charge is 0.223 e. The van der Waals surface area contributed by atoms with Crippen molar-refractivity contribution in [2.24, 2.45) is 0 Å². The average molecular weight is 386 g/mol. The van der Waals surface area contributed by atoms with Gasteiger partial charge in [-0.05, 0) is 28.3 Å². The molecule has 0 N–H and O–H groups in total. The maximum absolute atomic E-state index is 6.42. The van der Waals surface area contributed by atoms with Gasteiger partial charge in [0, 0.05) is 12.8 Å². The van der Waals surface area contributed by atoms with Gasteiger partial charge in [-0.2, -0.15) is 4.98 Å². The van der Waals surface area contributed by atoms with Crippen molar-refractivity contribution in [3.8, 4) is 0 Å². The van der Waals surface area contributed by atoms with Gasteiger partial charge >= 0.3 is 0 Å².